The van der Waals surface area contributed by atoms with Gasteiger partial charge in [0, 0.05) is 6.54 Å². The molecule has 5 nitrogen and oxygen atoms in total. The van der Waals surface area contributed by atoms with E-state index in [1.165, 1.54) is 0 Å². The Morgan fingerprint density at radius 2 is 1.64 bits per heavy atom. The number of nitrogens with one attached hydrogen (secondary N) is 1. The molecule has 2 N–H and O–H groups in total. The fraction of sp³-hybridized carbons (Fsp3) is 0.300. The number of ether oxygens (including phenoxy) is 1. The summed E-state index contributed by atoms with van der Waals surface area (Å²) in [5.41, 5.74) is 2.05. The van der Waals surface area contributed by atoms with Gasteiger partial charge in [0.1, 0.15) is 12.4 Å². The molecule has 5 heteroatoms. The maximum absolute atomic E-state index is 12.0. The van der Waals surface area contributed by atoms with Crippen molar-refractivity contribution in [2.24, 2.45) is 11.8 Å². The van der Waals surface area contributed by atoms with Crippen molar-refractivity contribution in [1.82, 2.24) is 5.32 Å². The zero-order valence-corrected chi connectivity index (χ0v) is 13.9. The van der Waals surface area contributed by atoms with Gasteiger partial charge in [0.2, 0.25) is 5.91 Å². The molecule has 2 aromatic rings. The second-order valence-electron chi connectivity index (χ2n) is 6.26. The number of carboxylic acids is 1. The number of carboxylic acid groups (broad SMARTS) is 1. The number of carbonyl (C=O) groups excluding carboxylic acids is 1. The molecule has 0 spiro atoms. The van der Waals surface area contributed by atoms with Crippen LogP contribution in [0, 0.1) is 11.8 Å². The Balaban J connectivity index is 1.46. The molecule has 130 valence electrons. The van der Waals surface area contributed by atoms with Crippen molar-refractivity contribution in [1.29, 1.82) is 0 Å². The summed E-state index contributed by atoms with van der Waals surface area (Å²) in [4.78, 5) is 23.0. The lowest BCUT2D eigenvalue weighted by Crippen LogP contribution is -2.43. The van der Waals surface area contributed by atoms with Gasteiger partial charge in [-0.3, -0.25) is 9.59 Å². The van der Waals surface area contributed by atoms with Gasteiger partial charge in [-0.2, -0.15) is 0 Å². The van der Waals surface area contributed by atoms with Crippen LogP contribution in [-0.4, -0.2) is 17.0 Å². The van der Waals surface area contributed by atoms with E-state index in [1.54, 1.807) is 0 Å². The van der Waals surface area contributed by atoms with Gasteiger partial charge in [-0.1, -0.05) is 42.5 Å². The lowest BCUT2D eigenvalue weighted by molar-refractivity contribution is -0.152. The summed E-state index contributed by atoms with van der Waals surface area (Å²) in [5.74, 6) is -1.22. The first kappa shape index (κ1) is 17.0. The van der Waals surface area contributed by atoms with Gasteiger partial charge >= 0.3 is 5.97 Å². The molecule has 0 aromatic heterocycles. The second kappa shape index (κ2) is 7.83. The van der Waals surface area contributed by atoms with E-state index in [9.17, 15) is 9.59 Å². The minimum Gasteiger partial charge on any atom is -0.489 e. The number of benzene rings is 2. The van der Waals surface area contributed by atoms with Crippen LogP contribution in [0.25, 0.3) is 0 Å². The van der Waals surface area contributed by atoms with Crippen LogP contribution < -0.4 is 10.1 Å². The third-order valence-corrected chi connectivity index (χ3v) is 4.57. The molecule has 1 aliphatic carbocycles. The largest absolute Gasteiger partial charge is 0.489 e. The summed E-state index contributed by atoms with van der Waals surface area (Å²) < 4.78 is 5.73. The lowest BCUT2D eigenvalue weighted by Gasteiger charge is -2.31. The van der Waals surface area contributed by atoms with Crippen molar-refractivity contribution in [2.75, 3.05) is 0 Å². The predicted octanol–water partition coefficient (Wildman–Crippen LogP) is 2.99. The summed E-state index contributed by atoms with van der Waals surface area (Å²) in [6, 6.07) is 17.5. The molecule has 2 atom stereocenters. The quantitative estimate of drug-likeness (QED) is 0.813. The van der Waals surface area contributed by atoms with Gasteiger partial charge in [0.05, 0.1) is 11.8 Å². The molecule has 0 heterocycles. The summed E-state index contributed by atoms with van der Waals surface area (Å²) in [6.45, 7) is 0.899. The third-order valence-electron chi connectivity index (χ3n) is 4.57. The van der Waals surface area contributed by atoms with E-state index in [0.29, 0.717) is 26.0 Å². The summed E-state index contributed by atoms with van der Waals surface area (Å²) in [7, 11) is 0. The highest BCUT2D eigenvalue weighted by Gasteiger charge is 2.41. The van der Waals surface area contributed by atoms with Gasteiger partial charge in [0.25, 0.3) is 0 Å². The van der Waals surface area contributed by atoms with Crippen LogP contribution in [0.4, 0.5) is 0 Å². The van der Waals surface area contributed by atoms with E-state index in [0.717, 1.165) is 16.9 Å². The van der Waals surface area contributed by atoms with Gasteiger partial charge in [-0.05, 0) is 36.1 Å². The van der Waals surface area contributed by atoms with E-state index >= 15 is 0 Å². The Bertz CT molecular complexity index is 727. The third kappa shape index (κ3) is 4.38. The highest BCUT2D eigenvalue weighted by atomic mass is 16.5. The lowest BCUT2D eigenvalue weighted by atomic mass is 9.73. The molecule has 0 saturated heterocycles. The second-order valence-corrected chi connectivity index (χ2v) is 6.26. The van der Waals surface area contributed by atoms with Crippen molar-refractivity contribution in [2.45, 2.75) is 26.0 Å². The normalized spacial score (nSPS) is 18.9. The van der Waals surface area contributed by atoms with Crippen LogP contribution in [0.5, 0.6) is 5.75 Å². The van der Waals surface area contributed by atoms with Crippen LogP contribution in [-0.2, 0) is 22.7 Å². The highest BCUT2D eigenvalue weighted by Crippen LogP contribution is 2.34. The van der Waals surface area contributed by atoms with Crippen LogP contribution in [0.15, 0.2) is 54.6 Å². The number of aliphatic carboxylic acids is 1. The van der Waals surface area contributed by atoms with E-state index in [-0.39, 0.29) is 5.91 Å². The Hall–Kier alpha value is -2.82. The number of hydrogen-bond acceptors (Lipinski definition) is 3. The average molecular weight is 339 g/mol. The summed E-state index contributed by atoms with van der Waals surface area (Å²) in [6.07, 6.45) is 1.23. The molecule has 1 saturated carbocycles. The first-order chi connectivity index (χ1) is 12.1. The van der Waals surface area contributed by atoms with Gasteiger partial charge < -0.3 is 15.2 Å². The molecule has 1 fully saturated rings. The standard InChI is InChI=1S/C20H21NO4/c22-19(17-10-11-18(17)20(23)24)21-12-14-6-8-16(9-7-14)25-13-15-4-2-1-3-5-15/h1-9,17-18H,10-13H2,(H,21,22)(H,23,24). The van der Waals surface area contributed by atoms with Crippen molar-refractivity contribution in [3.63, 3.8) is 0 Å². The monoisotopic (exact) mass is 339 g/mol. The van der Waals surface area contributed by atoms with E-state index in [4.69, 9.17) is 9.84 Å². The molecule has 0 radical (unpaired) electrons. The number of carbonyl (C=O) groups is 2. The van der Waals surface area contributed by atoms with Crippen molar-refractivity contribution < 1.29 is 19.4 Å². The molecule has 2 aromatic carbocycles. The molecular weight excluding hydrogens is 318 g/mol. The van der Waals surface area contributed by atoms with Crippen LogP contribution in [0.2, 0.25) is 0 Å². The molecule has 2 unspecified atom stereocenters. The fourth-order valence-electron chi connectivity index (χ4n) is 2.87. The van der Waals surface area contributed by atoms with Crippen molar-refractivity contribution >= 4 is 11.9 Å². The number of amides is 1. The maximum atomic E-state index is 12.0. The molecule has 25 heavy (non-hydrogen) atoms. The topological polar surface area (TPSA) is 75.6 Å². The van der Waals surface area contributed by atoms with Crippen LogP contribution >= 0.6 is 0 Å². The zero-order chi connectivity index (χ0) is 17.6. The number of rotatable bonds is 7. The maximum Gasteiger partial charge on any atom is 0.307 e. The highest BCUT2D eigenvalue weighted by molar-refractivity contribution is 5.86. The minimum atomic E-state index is -0.883. The van der Waals surface area contributed by atoms with E-state index < -0.39 is 17.8 Å². The van der Waals surface area contributed by atoms with Gasteiger partial charge in [-0.25, -0.2) is 0 Å². The summed E-state index contributed by atoms with van der Waals surface area (Å²) >= 11 is 0. The smallest absolute Gasteiger partial charge is 0.307 e. The minimum absolute atomic E-state index is 0.178. The molecule has 1 amide bonds. The van der Waals surface area contributed by atoms with Gasteiger partial charge in [0.15, 0.2) is 0 Å². The molecule has 1 aliphatic rings. The molecular formula is C20H21NO4. The Labute approximate surface area is 146 Å². The SMILES string of the molecule is O=C(O)C1CCC1C(=O)NCc1ccc(OCc2ccccc2)cc1. The first-order valence-electron chi connectivity index (χ1n) is 8.39. The van der Waals surface area contributed by atoms with Crippen molar-refractivity contribution in [3.05, 3.63) is 65.7 Å². The number of hydrogen-bond donors (Lipinski definition) is 2. The van der Waals surface area contributed by atoms with E-state index in [2.05, 4.69) is 5.32 Å². The average Bonchev–Trinajstić information content (AvgIpc) is 2.58. The predicted molar refractivity (Wildman–Crippen MR) is 92.9 cm³/mol. The Morgan fingerprint density at radius 3 is 2.24 bits per heavy atom. The first-order valence-corrected chi connectivity index (χ1v) is 8.39. The summed E-state index contributed by atoms with van der Waals surface area (Å²) in [5, 5.41) is 11.8. The van der Waals surface area contributed by atoms with Gasteiger partial charge in [-0.15, -0.1) is 0 Å². The molecule has 0 aliphatic heterocycles. The fourth-order valence-corrected chi connectivity index (χ4v) is 2.87. The van der Waals surface area contributed by atoms with Crippen LogP contribution in [0.1, 0.15) is 24.0 Å². The van der Waals surface area contributed by atoms with E-state index in [1.807, 2.05) is 54.6 Å². The van der Waals surface area contributed by atoms with Crippen LogP contribution in [0.3, 0.4) is 0 Å². The molecule has 0 bridgehead atoms. The molecule has 3 rings (SSSR count). The zero-order valence-electron chi connectivity index (χ0n) is 13.9. The Morgan fingerprint density at radius 1 is 0.960 bits per heavy atom. The van der Waals surface area contributed by atoms with Crippen molar-refractivity contribution in [3.8, 4) is 5.75 Å². The Kier molecular flexibility index (Phi) is 5.33.